The van der Waals surface area contributed by atoms with Crippen LogP contribution in [-0.2, 0) is 32.0 Å². The molecule has 216 valence electrons. The molecule has 2 heterocycles. The molecule has 0 saturated carbocycles. The van der Waals surface area contributed by atoms with Gasteiger partial charge in [-0.2, -0.15) is 0 Å². The Bertz CT molecular complexity index is 1180. The highest BCUT2D eigenvalue weighted by molar-refractivity contribution is 6.42. The van der Waals surface area contributed by atoms with Crippen molar-refractivity contribution in [2.24, 2.45) is 5.73 Å². The molecule has 2 saturated heterocycles. The number of ketones is 1. The Kier molecular flexibility index (Phi) is 11.0. The van der Waals surface area contributed by atoms with E-state index in [1.54, 1.807) is 24.0 Å². The first-order valence-corrected chi connectivity index (χ1v) is 15.0. The summed E-state index contributed by atoms with van der Waals surface area (Å²) in [6, 6.07) is 14.7. The number of fused-ring (bicyclic) bond motifs is 1. The first-order chi connectivity index (χ1) is 19.3. The normalized spacial score (nSPS) is 22.1. The summed E-state index contributed by atoms with van der Waals surface area (Å²) in [5.41, 5.74) is 8.52. The second-order valence-corrected chi connectivity index (χ2v) is 11.6. The third-order valence-electron chi connectivity index (χ3n) is 8.04. The molecule has 2 aromatic carbocycles. The van der Waals surface area contributed by atoms with Gasteiger partial charge in [0.15, 0.2) is 5.78 Å². The van der Waals surface area contributed by atoms with Crippen molar-refractivity contribution < 1.29 is 19.1 Å². The molecule has 0 bridgehead atoms. The predicted octanol–water partition coefficient (Wildman–Crippen LogP) is 4.84. The number of hydrogen-bond donors (Lipinski definition) is 1. The van der Waals surface area contributed by atoms with Gasteiger partial charge in [0.1, 0.15) is 0 Å². The van der Waals surface area contributed by atoms with Gasteiger partial charge in [0.2, 0.25) is 5.91 Å². The van der Waals surface area contributed by atoms with E-state index in [1.165, 1.54) is 5.56 Å². The van der Waals surface area contributed by atoms with Crippen molar-refractivity contribution in [1.82, 2.24) is 9.80 Å². The molecule has 4 rings (SSSR count). The van der Waals surface area contributed by atoms with Crippen LogP contribution in [0.4, 0.5) is 0 Å². The maximum atomic E-state index is 14.0. The Labute approximate surface area is 246 Å². The van der Waals surface area contributed by atoms with Gasteiger partial charge in [0.05, 0.1) is 28.7 Å². The molecule has 7 nitrogen and oxygen atoms in total. The molecular weight excluding hydrogens is 549 g/mol. The van der Waals surface area contributed by atoms with E-state index in [9.17, 15) is 14.4 Å². The van der Waals surface area contributed by atoms with E-state index < -0.39 is 6.04 Å². The van der Waals surface area contributed by atoms with E-state index >= 15 is 0 Å². The fraction of sp³-hybridized carbons (Fsp3) is 0.516. The fourth-order valence-corrected chi connectivity index (χ4v) is 6.32. The first kappa shape index (κ1) is 30.5. The molecule has 40 heavy (non-hydrogen) atoms. The number of esters is 1. The smallest absolute Gasteiger partial charge is 0.305 e. The molecule has 2 aliphatic heterocycles. The molecule has 2 N–H and O–H groups in total. The summed E-state index contributed by atoms with van der Waals surface area (Å²) in [5.74, 6) is -0.496. The number of nitrogens with zero attached hydrogens (tertiary/aromatic N) is 2. The summed E-state index contributed by atoms with van der Waals surface area (Å²) < 4.78 is 5.13. The molecule has 9 heteroatoms. The maximum Gasteiger partial charge on any atom is 0.305 e. The lowest BCUT2D eigenvalue weighted by molar-refractivity contribution is -0.146. The highest BCUT2D eigenvalue weighted by Gasteiger charge is 2.45. The minimum atomic E-state index is -0.703. The monoisotopic (exact) mass is 587 g/mol. The van der Waals surface area contributed by atoms with Crippen LogP contribution in [0.5, 0.6) is 0 Å². The Morgan fingerprint density at radius 3 is 2.55 bits per heavy atom. The zero-order chi connectivity index (χ0) is 28.6. The summed E-state index contributed by atoms with van der Waals surface area (Å²) in [7, 11) is 0. The van der Waals surface area contributed by atoms with Crippen LogP contribution in [-0.4, -0.2) is 71.3 Å². The van der Waals surface area contributed by atoms with E-state index in [0.29, 0.717) is 36.0 Å². The molecule has 0 aromatic heterocycles. The van der Waals surface area contributed by atoms with Crippen molar-refractivity contribution in [3.63, 3.8) is 0 Å². The van der Waals surface area contributed by atoms with E-state index in [0.717, 1.165) is 24.8 Å². The van der Waals surface area contributed by atoms with Crippen LogP contribution in [0, 0.1) is 0 Å². The SMILES string of the molecule is CCOC(=O)CC[C@H](C(=O)CCc1ccc(Cl)c(Cl)c1)N1CCC(CCc2ccccc2)N2C[C@H](N)C[C@H]2C1=O. The number of rotatable bonds is 12. The van der Waals surface area contributed by atoms with Crippen molar-refractivity contribution in [3.8, 4) is 0 Å². The van der Waals surface area contributed by atoms with Crippen LogP contribution in [0.25, 0.3) is 0 Å². The van der Waals surface area contributed by atoms with Crippen molar-refractivity contribution in [1.29, 1.82) is 0 Å². The van der Waals surface area contributed by atoms with Crippen molar-refractivity contribution in [2.75, 3.05) is 19.7 Å². The van der Waals surface area contributed by atoms with Gasteiger partial charge in [-0.05, 0) is 68.7 Å². The zero-order valence-corrected chi connectivity index (χ0v) is 24.6. The number of carbonyl (C=O) groups excluding carboxylic acids is 3. The average molecular weight is 589 g/mol. The molecule has 2 aliphatic rings. The van der Waals surface area contributed by atoms with Crippen LogP contribution < -0.4 is 5.73 Å². The third kappa shape index (κ3) is 7.84. The maximum absolute atomic E-state index is 14.0. The molecule has 0 aliphatic carbocycles. The fourth-order valence-electron chi connectivity index (χ4n) is 6.00. The lowest BCUT2D eigenvalue weighted by Crippen LogP contribution is -2.50. The minimum absolute atomic E-state index is 0.0630. The number of amides is 1. The highest BCUT2D eigenvalue weighted by atomic mass is 35.5. The second kappa shape index (κ2) is 14.4. The molecule has 0 radical (unpaired) electrons. The van der Waals surface area contributed by atoms with Gasteiger partial charge in [-0.1, -0.05) is 59.6 Å². The lowest BCUT2D eigenvalue weighted by atomic mass is 9.97. The molecule has 1 unspecified atom stereocenters. The van der Waals surface area contributed by atoms with E-state index in [-0.39, 0.29) is 61.7 Å². The summed E-state index contributed by atoms with van der Waals surface area (Å²) in [4.78, 5) is 43.9. The Morgan fingerprint density at radius 1 is 1.05 bits per heavy atom. The summed E-state index contributed by atoms with van der Waals surface area (Å²) in [6.45, 7) is 3.16. The van der Waals surface area contributed by atoms with Crippen LogP contribution in [0.3, 0.4) is 0 Å². The summed E-state index contributed by atoms with van der Waals surface area (Å²) >= 11 is 12.2. The lowest BCUT2D eigenvalue weighted by Gasteiger charge is -2.32. The molecule has 1 amide bonds. The third-order valence-corrected chi connectivity index (χ3v) is 8.78. The highest BCUT2D eigenvalue weighted by Crippen LogP contribution is 2.31. The molecule has 2 aromatic rings. The Hall–Kier alpha value is -2.45. The van der Waals surface area contributed by atoms with Crippen LogP contribution in [0.2, 0.25) is 10.0 Å². The topological polar surface area (TPSA) is 92.9 Å². The first-order valence-electron chi connectivity index (χ1n) is 14.2. The van der Waals surface area contributed by atoms with Crippen molar-refractivity contribution in [2.45, 2.75) is 82.5 Å². The standard InChI is InChI=1S/C31H39Cl2N3O4/c1-2-40-30(38)15-13-27(29(37)14-10-22-9-12-25(32)26(33)18-22)35-17-16-24(11-8-21-6-4-3-5-7-21)36-20-23(34)19-28(36)31(35)39/h3-7,9,12,18,23-24,27-28H,2,8,10-11,13-17,19-20,34H2,1H3/t23-,24?,27-,28+/m1/s1. The number of Topliss-reactive ketones (excluding diaryl/α,β-unsaturated/α-hetero) is 1. The number of halogens is 2. The van der Waals surface area contributed by atoms with Crippen LogP contribution >= 0.6 is 23.2 Å². The zero-order valence-electron chi connectivity index (χ0n) is 23.1. The van der Waals surface area contributed by atoms with Gasteiger partial charge in [0.25, 0.3) is 0 Å². The van der Waals surface area contributed by atoms with Gasteiger partial charge >= 0.3 is 5.97 Å². The summed E-state index contributed by atoms with van der Waals surface area (Å²) in [6.07, 6.45) is 4.13. The molecule has 0 spiro atoms. The number of hydrogen-bond acceptors (Lipinski definition) is 6. The van der Waals surface area contributed by atoms with Gasteiger partial charge in [-0.3, -0.25) is 19.3 Å². The van der Waals surface area contributed by atoms with Crippen molar-refractivity contribution >= 4 is 40.9 Å². The largest absolute Gasteiger partial charge is 0.466 e. The van der Waals surface area contributed by atoms with Gasteiger partial charge in [-0.25, -0.2) is 0 Å². The number of ether oxygens (including phenoxy) is 1. The minimum Gasteiger partial charge on any atom is -0.466 e. The predicted molar refractivity (Wildman–Crippen MR) is 157 cm³/mol. The molecule has 2 fully saturated rings. The van der Waals surface area contributed by atoms with Crippen LogP contribution in [0.1, 0.15) is 56.6 Å². The molecule has 4 atom stereocenters. The van der Waals surface area contributed by atoms with E-state index in [2.05, 4.69) is 17.0 Å². The number of aryl methyl sites for hydroxylation is 2. The van der Waals surface area contributed by atoms with E-state index in [4.69, 9.17) is 33.7 Å². The average Bonchev–Trinajstić information content (AvgIpc) is 3.29. The second-order valence-electron chi connectivity index (χ2n) is 10.8. The molecular formula is C31H39Cl2N3O4. The van der Waals surface area contributed by atoms with Gasteiger partial charge in [0, 0.05) is 38.0 Å². The van der Waals surface area contributed by atoms with Crippen LogP contribution in [0.15, 0.2) is 48.5 Å². The Morgan fingerprint density at radius 2 is 1.82 bits per heavy atom. The summed E-state index contributed by atoms with van der Waals surface area (Å²) in [5, 5.41) is 0.896. The number of carbonyl (C=O) groups is 3. The van der Waals surface area contributed by atoms with Crippen molar-refractivity contribution in [3.05, 3.63) is 69.7 Å². The number of nitrogens with two attached hydrogens (primary N) is 1. The Balaban J connectivity index is 1.52. The quantitative estimate of drug-likeness (QED) is 0.357. The van der Waals surface area contributed by atoms with Gasteiger partial charge in [-0.15, -0.1) is 0 Å². The van der Waals surface area contributed by atoms with Gasteiger partial charge < -0.3 is 15.4 Å². The van der Waals surface area contributed by atoms with E-state index in [1.807, 2.05) is 24.3 Å². The number of benzene rings is 2.